The lowest BCUT2D eigenvalue weighted by Gasteiger charge is -2.27. The summed E-state index contributed by atoms with van der Waals surface area (Å²) >= 11 is 0. The largest absolute Gasteiger partial charge is 0.379 e. The Morgan fingerprint density at radius 1 is 1.18 bits per heavy atom. The first kappa shape index (κ1) is 20.5. The Labute approximate surface area is 165 Å². The molecule has 1 aliphatic rings. The third kappa shape index (κ3) is 5.61. The van der Waals surface area contributed by atoms with E-state index in [4.69, 9.17) is 9.47 Å². The van der Waals surface area contributed by atoms with E-state index in [0.717, 1.165) is 18.5 Å². The molecule has 1 N–H and O–H groups in total. The summed E-state index contributed by atoms with van der Waals surface area (Å²) in [4.78, 5) is 15.2. The summed E-state index contributed by atoms with van der Waals surface area (Å²) in [5, 5.41) is 2.91. The molecule has 6 heteroatoms. The Balaban J connectivity index is 1.68. The van der Waals surface area contributed by atoms with E-state index in [-0.39, 0.29) is 17.8 Å². The van der Waals surface area contributed by atoms with Crippen LogP contribution in [0.2, 0.25) is 0 Å². The van der Waals surface area contributed by atoms with Gasteiger partial charge in [0.25, 0.3) is 0 Å². The highest BCUT2D eigenvalue weighted by Gasteiger charge is 2.34. The molecule has 1 heterocycles. The molecule has 5 nitrogen and oxygen atoms in total. The average Bonchev–Trinajstić information content (AvgIpc) is 3.16. The van der Waals surface area contributed by atoms with Crippen molar-refractivity contribution >= 4 is 11.6 Å². The topological polar surface area (TPSA) is 50.8 Å². The molecule has 2 aromatic carbocycles. The van der Waals surface area contributed by atoms with Crippen molar-refractivity contribution in [2.75, 3.05) is 38.2 Å². The molecule has 0 spiro atoms. The highest BCUT2D eigenvalue weighted by Crippen LogP contribution is 2.28. The van der Waals surface area contributed by atoms with Gasteiger partial charge in [-0.3, -0.25) is 9.69 Å². The van der Waals surface area contributed by atoms with Crippen LogP contribution < -0.4 is 5.32 Å². The molecule has 3 rings (SSSR count). The molecule has 1 saturated heterocycles. The summed E-state index contributed by atoms with van der Waals surface area (Å²) < 4.78 is 24.4. The summed E-state index contributed by atoms with van der Waals surface area (Å²) in [5.74, 6) is -0.461. The van der Waals surface area contributed by atoms with E-state index in [1.807, 2.05) is 37.3 Å². The first-order valence-corrected chi connectivity index (χ1v) is 9.72. The van der Waals surface area contributed by atoms with E-state index >= 15 is 0 Å². The van der Waals surface area contributed by atoms with Gasteiger partial charge in [-0.1, -0.05) is 30.3 Å². The van der Waals surface area contributed by atoms with Gasteiger partial charge in [0.15, 0.2) is 0 Å². The predicted octanol–water partition coefficient (Wildman–Crippen LogP) is 3.63. The normalized spacial score (nSPS) is 18.1. The fraction of sp³-hybridized carbons (Fsp3) is 0.409. The quantitative estimate of drug-likeness (QED) is 0.669. The second kappa shape index (κ2) is 10.3. The lowest BCUT2D eigenvalue weighted by atomic mass is 10.0. The standard InChI is InChI=1S/C22H27FN2O3/c1-2-27-14-15-28-20-12-13-25(16-20)21(17-6-4-3-5-7-17)22(26)24-19-10-8-18(23)9-11-19/h3-11,20-21H,2,12-16H2,1H3,(H,24,26)/t20-,21+/m0/s1. The van der Waals surface area contributed by atoms with Crippen LogP contribution in [0.4, 0.5) is 10.1 Å². The van der Waals surface area contributed by atoms with Crippen LogP contribution in [0.15, 0.2) is 54.6 Å². The van der Waals surface area contributed by atoms with Gasteiger partial charge in [-0.15, -0.1) is 0 Å². The summed E-state index contributed by atoms with van der Waals surface area (Å²) in [7, 11) is 0. The van der Waals surface area contributed by atoms with E-state index < -0.39 is 6.04 Å². The van der Waals surface area contributed by atoms with Crippen molar-refractivity contribution in [2.24, 2.45) is 0 Å². The number of carbonyl (C=O) groups is 1. The summed E-state index contributed by atoms with van der Waals surface area (Å²) in [6.45, 7) is 5.24. The maximum Gasteiger partial charge on any atom is 0.246 e. The van der Waals surface area contributed by atoms with Gasteiger partial charge in [0, 0.05) is 25.4 Å². The molecule has 2 aromatic rings. The molecule has 0 unspecified atom stereocenters. The minimum atomic E-state index is -0.424. The molecule has 0 aromatic heterocycles. The maximum atomic E-state index is 13.1. The summed E-state index contributed by atoms with van der Waals surface area (Å²) in [5.41, 5.74) is 1.51. The van der Waals surface area contributed by atoms with Crippen molar-refractivity contribution in [3.8, 4) is 0 Å². The number of halogens is 1. The lowest BCUT2D eigenvalue weighted by molar-refractivity contribution is -0.121. The van der Waals surface area contributed by atoms with Crippen LogP contribution in [0, 0.1) is 5.82 Å². The van der Waals surface area contributed by atoms with Gasteiger partial charge >= 0.3 is 0 Å². The number of likely N-dealkylation sites (tertiary alicyclic amines) is 1. The zero-order valence-corrected chi connectivity index (χ0v) is 16.1. The van der Waals surface area contributed by atoms with Crippen LogP contribution in [0.25, 0.3) is 0 Å². The van der Waals surface area contributed by atoms with Crippen molar-refractivity contribution in [1.29, 1.82) is 0 Å². The highest BCUT2D eigenvalue weighted by atomic mass is 19.1. The van der Waals surface area contributed by atoms with Crippen LogP contribution in [-0.4, -0.2) is 49.8 Å². The van der Waals surface area contributed by atoms with Gasteiger partial charge in [-0.25, -0.2) is 4.39 Å². The Morgan fingerprint density at radius 3 is 2.64 bits per heavy atom. The minimum absolute atomic E-state index is 0.0882. The SMILES string of the molecule is CCOCCO[C@H]1CCN([C@@H](C(=O)Nc2ccc(F)cc2)c2ccccc2)C1. The molecule has 1 fully saturated rings. The monoisotopic (exact) mass is 386 g/mol. The summed E-state index contributed by atoms with van der Waals surface area (Å²) in [6.07, 6.45) is 0.963. The molecule has 1 aliphatic heterocycles. The molecule has 2 atom stereocenters. The van der Waals surface area contributed by atoms with Crippen LogP contribution in [0.5, 0.6) is 0 Å². The van der Waals surface area contributed by atoms with Gasteiger partial charge < -0.3 is 14.8 Å². The molecular formula is C22H27FN2O3. The minimum Gasteiger partial charge on any atom is -0.379 e. The van der Waals surface area contributed by atoms with Crippen molar-refractivity contribution < 1.29 is 18.7 Å². The van der Waals surface area contributed by atoms with E-state index in [1.54, 1.807) is 12.1 Å². The Morgan fingerprint density at radius 2 is 1.93 bits per heavy atom. The van der Waals surface area contributed by atoms with Crippen LogP contribution >= 0.6 is 0 Å². The second-order valence-electron chi connectivity index (χ2n) is 6.78. The van der Waals surface area contributed by atoms with Gasteiger partial charge in [0.05, 0.1) is 19.3 Å². The predicted molar refractivity (Wildman–Crippen MR) is 107 cm³/mol. The molecular weight excluding hydrogens is 359 g/mol. The number of hydrogen-bond acceptors (Lipinski definition) is 4. The number of rotatable bonds is 9. The Bertz CT molecular complexity index is 739. The number of anilines is 1. The van der Waals surface area contributed by atoms with Crippen molar-refractivity contribution in [2.45, 2.75) is 25.5 Å². The third-order valence-electron chi connectivity index (χ3n) is 4.80. The first-order valence-electron chi connectivity index (χ1n) is 9.72. The molecule has 28 heavy (non-hydrogen) atoms. The number of hydrogen-bond donors (Lipinski definition) is 1. The number of nitrogens with one attached hydrogen (secondary N) is 1. The van der Waals surface area contributed by atoms with Crippen molar-refractivity contribution in [3.63, 3.8) is 0 Å². The Kier molecular flexibility index (Phi) is 7.54. The second-order valence-corrected chi connectivity index (χ2v) is 6.78. The Hall–Kier alpha value is -2.28. The molecule has 0 bridgehead atoms. The van der Waals surface area contributed by atoms with E-state index in [0.29, 0.717) is 32.1 Å². The molecule has 0 saturated carbocycles. The van der Waals surface area contributed by atoms with Crippen molar-refractivity contribution in [1.82, 2.24) is 4.90 Å². The lowest BCUT2D eigenvalue weighted by Crippen LogP contribution is -2.36. The third-order valence-corrected chi connectivity index (χ3v) is 4.80. The van der Waals surface area contributed by atoms with Crippen LogP contribution in [-0.2, 0) is 14.3 Å². The smallest absolute Gasteiger partial charge is 0.246 e. The maximum absolute atomic E-state index is 13.1. The zero-order valence-electron chi connectivity index (χ0n) is 16.1. The average molecular weight is 386 g/mol. The number of ether oxygens (including phenoxy) is 2. The number of benzene rings is 2. The van der Waals surface area contributed by atoms with Crippen molar-refractivity contribution in [3.05, 3.63) is 66.0 Å². The fourth-order valence-electron chi connectivity index (χ4n) is 3.45. The van der Waals surface area contributed by atoms with Gasteiger partial charge in [-0.05, 0) is 43.2 Å². The van der Waals surface area contributed by atoms with Crippen LogP contribution in [0.1, 0.15) is 24.9 Å². The van der Waals surface area contributed by atoms with E-state index in [9.17, 15) is 9.18 Å². The number of nitrogens with zero attached hydrogens (tertiary/aromatic N) is 1. The molecule has 0 radical (unpaired) electrons. The zero-order chi connectivity index (χ0) is 19.8. The number of carbonyl (C=O) groups excluding carboxylic acids is 1. The molecule has 1 amide bonds. The van der Waals surface area contributed by atoms with Crippen LogP contribution in [0.3, 0.4) is 0 Å². The van der Waals surface area contributed by atoms with Gasteiger partial charge in [0.2, 0.25) is 5.91 Å². The fourth-order valence-corrected chi connectivity index (χ4v) is 3.45. The highest BCUT2D eigenvalue weighted by molar-refractivity contribution is 5.95. The molecule has 0 aliphatic carbocycles. The van der Waals surface area contributed by atoms with Gasteiger partial charge in [0.1, 0.15) is 11.9 Å². The molecule has 150 valence electrons. The van der Waals surface area contributed by atoms with Gasteiger partial charge in [-0.2, -0.15) is 0 Å². The van der Waals surface area contributed by atoms with E-state index in [1.165, 1.54) is 12.1 Å². The first-order chi connectivity index (χ1) is 13.7. The number of amides is 1. The van der Waals surface area contributed by atoms with E-state index in [2.05, 4.69) is 10.2 Å². The summed E-state index contributed by atoms with van der Waals surface area (Å²) in [6, 6.07) is 15.1.